The maximum atomic E-state index is 5.85. The molecule has 1 unspecified atom stereocenters. The largest absolute Gasteiger partial charge is 0.376 e. The Morgan fingerprint density at radius 3 is 2.83 bits per heavy atom. The van der Waals surface area contributed by atoms with E-state index in [0.29, 0.717) is 12.0 Å². The second-order valence-corrected chi connectivity index (χ2v) is 7.17. The Kier molecular flexibility index (Phi) is 4.05. The van der Waals surface area contributed by atoms with Crippen molar-refractivity contribution >= 4 is 10.8 Å². The molecule has 2 aliphatic rings. The average Bonchev–Trinajstić information content (AvgIpc) is 3.01. The molecule has 2 fully saturated rings. The Balaban J connectivity index is 1.43. The van der Waals surface area contributed by atoms with Crippen LogP contribution in [0.4, 0.5) is 0 Å². The number of fused-ring (bicyclic) bond motifs is 1. The van der Waals surface area contributed by atoms with Gasteiger partial charge in [0, 0.05) is 30.9 Å². The fourth-order valence-corrected chi connectivity index (χ4v) is 4.13. The van der Waals surface area contributed by atoms with Crippen LogP contribution in [0.25, 0.3) is 10.8 Å². The molecule has 1 spiro atoms. The molecule has 1 aromatic carbocycles. The first-order valence-corrected chi connectivity index (χ1v) is 8.64. The number of hydrogen-bond donors (Lipinski definition) is 1. The van der Waals surface area contributed by atoms with Crippen LogP contribution in [0.5, 0.6) is 0 Å². The molecule has 0 radical (unpaired) electrons. The molecule has 0 aliphatic carbocycles. The van der Waals surface area contributed by atoms with E-state index in [1.54, 1.807) is 0 Å². The number of benzene rings is 1. The number of ether oxygens (including phenoxy) is 1. The van der Waals surface area contributed by atoms with E-state index in [1.807, 2.05) is 12.4 Å². The van der Waals surface area contributed by atoms with Crippen LogP contribution in [-0.2, 0) is 11.3 Å². The molecular weight excluding hydrogens is 286 g/mol. The normalized spacial score (nSPS) is 24.5. The van der Waals surface area contributed by atoms with Gasteiger partial charge in [0.15, 0.2) is 0 Å². The number of pyridine rings is 1. The summed E-state index contributed by atoms with van der Waals surface area (Å²) in [5.41, 5.74) is 7.48. The lowest BCUT2D eigenvalue weighted by Gasteiger charge is -2.38. The van der Waals surface area contributed by atoms with Gasteiger partial charge < -0.3 is 10.5 Å². The maximum absolute atomic E-state index is 5.85. The third-order valence-corrected chi connectivity index (χ3v) is 5.61. The van der Waals surface area contributed by atoms with Crippen molar-refractivity contribution in [3.05, 3.63) is 42.2 Å². The second-order valence-electron chi connectivity index (χ2n) is 7.17. The highest BCUT2D eigenvalue weighted by Gasteiger charge is 2.41. The van der Waals surface area contributed by atoms with Crippen LogP contribution in [0, 0.1) is 5.41 Å². The van der Waals surface area contributed by atoms with Crippen molar-refractivity contribution in [3.63, 3.8) is 0 Å². The van der Waals surface area contributed by atoms with Crippen LogP contribution in [0.15, 0.2) is 36.7 Å². The van der Waals surface area contributed by atoms with Gasteiger partial charge in [-0.15, -0.1) is 0 Å². The summed E-state index contributed by atoms with van der Waals surface area (Å²) in [6, 6.07) is 8.53. The third kappa shape index (κ3) is 2.99. The van der Waals surface area contributed by atoms with Gasteiger partial charge in [0.05, 0.1) is 12.7 Å². The zero-order chi connectivity index (χ0) is 15.7. The molecular formula is C19H25N3O. The van der Waals surface area contributed by atoms with Gasteiger partial charge in [-0.05, 0) is 48.7 Å². The van der Waals surface area contributed by atoms with Crippen LogP contribution in [0.1, 0.15) is 24.8 Å². The molecule has 2 aliphatic heterocycles. The Morgan fingerprint density at radius 2 is 2.04 bits per heavy atom. The fraction of sp³-hybridized carbons (Fsp3) is 0.526. The van der Waals surface area contributed by atoms with Crippen molar-refractivity contribution in [2.24, 2.45) is 11.1 Å². The van der Waals surface area contributed by atoms with E-state index in [9.17, 15) is 0 Å². The first kappa shape index (κ1) is 15.1. The number of hydrogen-bond acceptors (Lipinski definition) is 4. The summed E-state index contributed by atoms with van der Waals surface area (Å²) in [5, 5.41) is 2.56. The lowest BCUT2D eigenvalue weighted by atomic mass is 9.76. The zero-order valence-electron chi connectivity index (χ0n) is 13.6. The van der Waals surface area contributed by atoms with E-state index in [1.165, 1.54) is 29.2 Å². The SMILES string of the molecule is NCC1CC2(CCN(Cc3cncc4ccccc34)CC2)CO1. The van der Waals surface area contributed by atoms with Crippen molar-refractivity contribution in [2.75, 3.05) is 26.2 Å². The predicted molar refractivity (Wildman–Crippen MR) is 92.1 cm³/mol. The highest BCUT2D eigenvalue weighted by Crippen LogP contribution is 2.42. The molecule has 0 amide bonds. The molecule has 4 nitrogen and oxygen atoms in total. The quantitative estimate of drug-likeness (QED) is 0.946. The van der Waals surface area contributed by atoms with Crippen LogP contribution in [0.3, 0.4) is 0 Å². The Labute approximate surface area is 137 Å². The zero-order valence-corrected chi connectivity index (χ0v) is 13.6. The standard InChI is InChI=1S/C19H25N3O/c20-10-17-9-19(14-23-17)5-7-22(8-6-19)13-16-12-21-11-15-3-1-2-4-18(15)16/h1-4,11-12,17H,5-10,13-14,20H2. The fourth-order valence-electron chi connectivity index (χ4n) is 4.13. The first-order chi connectivity index (χ1) is 11.3. The van der Waals surface area contributed by atoms with Gasteiger partial charge in [0.1, 0.15) is 0 Å². The van der Waals surface area contributed by atoms with Crippen LogP contribution < -0.4 is 5.73 Å². The molecule has 4 rings (SSSR count). The van der Waals surface area contributed by atoms with Crippen molar-refractivity contribution in [3.8, 4) is 0 Å². The number of nitrogens with zero attached hydrogens (tertiary/aromatic N) is 2. The minimum absolute atomic E-state index is 0.281. The molecule has 4 heteroatoms. The molecule has 0 saturated carbocycles. The van der Waals surface area contributed by atoms with Gasteiger partial charge in [0.2, 0.25) is 0 Å². The topological polar surface area (TPSA) is 51.4 Å². The number of nitrogens with two attached hydrogens (primary N) is 1. The lowest BCUT2D eigenvalue weighted by molar-refractivity contribution is 0.0649. The minimum Gasteiger partial charge on any atom is -0.376 e. The molecule has 3 heterocycles. The van der Waals surface area contributed by atoms with Crippen molar-refractivity contribution in [2.45, 2.75) is 31.9 Å². The molecule has 1 atom stereocenters. The molecule has 122 valence electrons. The van der Waals surface area contributed by atoms with E-state index in [-0.39, 0.29) is 6.10 Å². The molecule has 2 aromatic rings. The van der Waals surface area contributed by atoms with Crippen LogP contribution in [-0.4, -0.2) is 42.2 Å². The predicted octanol–water partition coefficient (Wildman–Crippen LogP) is 2.56. The van der Waals surface area contributed by atoms with E-state index >= 15 is 0 Å². The van der Waals surface area contributed by atoms with E-state index in [4.69, 9.17) is 10.5 Å². The first-order valence-electron chi connectivity index (χ1n) is 8.64. The summed E-state index contributed by atoms with van der Waals surface area (Å²) >= 11 is 0. The van der Waals surface area contributed by atoms with Crippen molar-refractivity contribution in [1.82, 2.24) is 9.88 Å². The van der Waals surface area contributed by atoms with Gasteiger partial charge in [-0.3, -0.25) is 9.88 Å². The highest BCUT2D eigenvalue weighted by atomic mass is 16.5. The van der Waals surface area contributed by atoms with Gasteiger partial charge >= 0.3 is 0 Å². The summed E-state index contributed by atoms with van der Waals surface area (Å²) in [7, 11) is 0. The number of rotatable bonds is 3. The third-order valence-electron chi connectivity index (χ3n) is 5.61. The van der Waals surface area contributed by atoms with E-state index in [0.717, 1.165) is 32.7 Å². The molecule has 0 bridgehead atoms. The van der Waals surface area contributed by atoms with Gasteiger partial charge in [-0.2, -0.15) is 0 Å². The Morgan fingerprint density at radius 1 is 1.22 bits per heavy atom. The summed E-state index contributed by atoms with van der Waals surface area (Å²) in [5.74, 6) is 0. The van der Waals surface area contributed by atoms with Gasteiger partial charge in [0.25, 0.3) is 0 Å². The minimum atomic E-state index is 0.281. The molecule has 2 saturated heterocycles. The van der Waals surface area contributed by atoms with Crippen molar-refractivity contribution < 1.29 is 4.74 Å². The van der Waals surface area contributed by atoms with Gasteiger partial charge in [-0.1, -0.05) is 24.3 Å². The second kappa shape index (κ2) is 6.19. The smallest absolute Gasteiger partial charge is 0.0703 e. The van der Waals surface area contributed by atoms with E-state index in [2.05, 4.69) is 34.1 Å². The van der Waals surface area contributed by atoms with Gasteiger partial charge in [-0.25, -0.2) is 0 Å². The summed E-state index contributed by atoms with van der Waals surface area (Å²) < 4.78 is 5.85. The van der Waals surface area contributed by atoms with E-state index < -0.39 is 0 Å². The summed E-state index contributed by atoms with van der Waals surface area (Å²) in [6.45, 7) is 4.84. The monoisotopic (exact) mass is 311 g/mol. The lowest BCUT2D eigenvalue weighted by Crippen LogP contribution is -2.40. The highest BCUT2D eigenvalue weighted by molar-refractivity contribution is 5.84. The number of aromatic nitrogens is 1. The average molecular weight is 311 g/mol. The number of piperidine rings is 1. The van der Waals surface area contributed by atoms with Crippen LogP contribution in [0.2, 0.25) is 0 Å². The van der Waals surface area contributed by atoms with Crippen LogP contribution >= 0.6 is 0 Å². The molecule has 23 heavy (non-hydrogen) atoms. The number of likely N-dealkylation sites (tertiary alicyclic amines) is 1. The summed E-state index contributed by atoms with van der Waals surface area (Å²) in [6.07, 6.45) is 7.85. The summed E-state index contributed by atoms with van der Waals surface area (Å²) in [4.78, 5) is 6.97. The van der Waals surface area contributed by atoms with Crippen molar-refractivity contribution in [1.29, 1.82) is 0 Å². The maximum Gasteiger partial charge on any atom is 0.0703 e. The Hall–Kier alpha value is -1.49. The molecule has 2 N–H and O–H groups in total. The Bertz CT molecular complexity index is 674. The molecule has 1 aromatic heterocycles.